The van der Waals surface area contributed by atoms with E-state index in [1.807, 2.05) is 22.7 Å². The fourth-order valence-electron chi connectivity index (χ4n) is 8.21. The van der Waals surface area contributed by atoms with Crippen molar-refractivity contribution in [2.45, 2.75) is 0 Å². The molecule has 2 heterocycles. The number of fused-ring (bicyclic) bond motifs is 10. The van der Waals surface area contributed by atoms with Crippen molar-refractivity contribution in [2.75, 3.05) is 0 Å². The molecule has 0 unspecified atom stereocenters. The van der Waals surface area contributed by atoms with Crippen molar-refractivity contribution in [2.24, 2.45) is 0 Å². The largest absolute Gasteiger partial charge is 0.135 e. The van der Waals surface area contributed by atoms with Gasteiger partial charge in [0.25, 0.3) is 0 Å². The van der Waals surface area contributed by atoms with Crippen molar-refractivity contribution in [1.29, 1.82) is 0 Å². The van der Waals surface area contributed by atoms with E-state index in [2.05, 4.69) is 170 Å². The van der Waals surface area contributed by atoms with E-state index < -0.39 is 0 Å². The zero-order chi connectivity index (χ0) is 32.8. The van der Waals surface area contributed by atoms with Gasteiger partial charge in [-0.25, -0.2) is 0 Å². The highest BCUT2D eigenvalue weighted by molar-refractivity contribution is 7.26. The Balaban J connectivity index is 1.11. The van der Waals surface area contributed by atoms with E-state index in [0.717, 1.165) is 0 Å². The smallest absolute Gasteiger partial charge is 0.0361 e. The maximum absolute atomic E-state index is 2.46. The van der Waals surface area contributed by atoms with Gasteiger partial charge in [-0.2, -0.15) is 0 Å². The third kappa shape index (κ3) is 4.16. The number of rotatable bonds is 3. The highest BCUT2D eigenvalue weighted by Crippen LogP contribution is 2.46. The zero-order valence-corrected chi connectivity index (χ0v) is 28.6. The number of hydrogen-bond acceptors (Lipinski definition) is 2. The molecule has 0 aliphatic rings. The molecule has 232 valence electrons. The average molecular weight is 669 g/mol. The summed E-state index contributed by atoms with van der Waals surface area (Å²) >= 11 is 3.79. The van der Waals surface area contributed by atoms with Gasteiger partial charge in [0.15, 0.2) is 0 Å². The predicted octanol–water partition coefficient (Wildman–Crippen LogP) is 14.9. The molecule has 2 heteroatoms. The van der Waals surface area contributed by atoms with Gasteiger partial charge >= 0.3 is 0 Å². The predicted molar refractivity (Wildman–Crippen MR) is 221 cm³/mol. The van der Waals surface area contributed by atoms with Crippen molar-refractivity contribution in [1.82, 2.24) is 0 Å². The third-order valence-corrected chi connectivity index (χ3v) is 12.7. The summed E-state index contributed by atoms with van der Waals surface area (Å²) < 4.78 is 5.37. The molecule has 0 fully saturated rings. The lowest BCUT2D eigenvalue weighted by atomic mass is 9.85. The first-order valence-electron chi connectivity index (χ1n) is 17.1. The normalized spacial score (nSPS) is 12.0. The maximum atomic E-state index is 2.46. The van der Waals surface area contributed by atoms with E-state index in [-0.39, 0.29) is 0 Å². The minimum absolute atomic E-state index is 1.23. The summed E-state index contributed by atoms with van der Waals surface area (Å²) in [5.74, 6) is 0. The summed E-state index contributed by atoms with van der Waals surface area (Å²) in [6.45, 7) is 0. The molecule has 9 aromatic carbocycles. The third-order valence-electron chi connectivity index (χ3n) is 10.4. The lowest BCUT2D eigenvalue weighted by Crippen LogP contribution is -1.91. The van der Waals surface area contributed by atoms with Crippen molar-refractivity contribution in [3.8, 4) is 33.4 Å². The molecule has 0 bridgehead atoms. The minimum Gasteiger partial charge on any atom is -0.135 e. The Bertz CT molecular complexity index is 3080. The molecule has 50 heavy (non-hydrogen) atoms. The molecule has 0 atom stereocenters. The second-order valence-corrected chi connectivity index (χ2v) is 15.4. The van der Waals surface area contributed by atoms with Crippen molar-refractivity contribution < 1.29 is 0 Å². The topological polar surface area (TPSA) is 0 Å². The Morgan fingerprint density at radius 1 is 0.260 bits per heavy atom. The van der Waals surface area contributed by atoms with Crippen LogP contribution in [0.5, 0.6) is 0 Å². The molecule has 0 nitrogen and oxygen atoms in total. The molecule has 0 spiro atoms. The van der Waals surface area contributed by atoms with Crippen LogP contribution in [0, 0.1) is 0 Å². The molecule has 0 saturated heterocycles. The highest BCUT2D eigenvalue weighted by atomic mass is 32.1. The average Bonchev–Trinajstić information content (AvgIpc) is 3.74. The second-order valence-electron chi connectivity index (χ2n) is 13.2. The molecular formula is C48H28S2. The number of benzene rings is 9. The van der Waals surface area contributed by atoms with Crippen molar-refractivity contribution in [3.63, 3.8) is 0 Å². The Kier molecular flexibility index (Phi) is 6.09. The molecule has 0 amide bonds. The summed E-state index contributed by atoms with van der Waals surface area (Å²) in [5, 5.41) is 13.2. The van der Waals surface area contributed by atoms with Crippen LogP contribution in [0.4, 0.5) is 0 Å². The van der Waals surface area contributed by atoms with Crippen LogP contribution in [0.3, 0.4) is 0 Å². The molecule has 0 aliphatic heterocycles. The van der Waals surface area contributed by atoms with E-state index in [9.17, 15) is 0 Å². The fraction of sp³-hybridized carbons (Fsp3) is 0. The standard InChI is InChI=1S/C48H28S2/c1-2-11-29(12-3-1)46-34-15-4-6-17-36(34)47(37-18-7-5-16-35(37)46)33-14-10-13-30(25-33)31-21-23-43-40(26-31)41-28-39-32(27-45(41)50-43)22-24-44-48(39)38-19-8-9-20-42(38)49-44/h1-28H. The minimum atomic E-state index is 1.23. The van der Waals surface area contributed by atoms with Crippen LogP contribution in [0.25, 0.3) is 106 Å². The summed E-state index contributed by atoms with van der Waals surface area (Å²) in [6.07, 6.45) is 0. The number of thiophene rings is 2. The van der Waals surface area contributed by atoms with Crippen molar-refractivity contribution >= 4 is 95.3 Å². The van der Waals surface area contributed by atoms with Gasteiger partial charge in [-0.1, -0.05) is 127 Å². The zero-order valence-electron chi connectivity index (χ0n) is 27.0. The Morgan fingerprint density at radius 3 is 1.56 bits per heavy atom. The molecule has 0 N–H and O–H groups in total. The van der Waals surface area contributed by atoms with Crippen LogP contribution >= 0.6 is 22.7 Å². The molecular weight excluding hydrogens is 641 g/mol. The van der Waals surface area contributed by atoms with Crippen molar-refractivity contribution in [3.05, 3.63) is 170 Å². The SMILES string of the molecule is c1ccc(-c2c3ccccc3c(-c3cccc(-c4ccc5sc6cc7ccc8sc9ccccc9c8c7cc6c5c4)c3)c3ccccc23)cc1. The molecule has 11 rings (SSSR count). The molecule has 2 aromatic heterocycles. The molecule has 0 saturated carbocycles. The molecule has 11 aromatic rings. The van der Waals surface area contributed by atoms with Crippen LogP contribution in [0.2, 0.25) is 0 Å². The van der Waals surface area contributed by atoms with E-state index in [1.54, 1.807) is 0 Å². The van der Waals surface area contributed by atoms with Crippen LogP contribution in [0.1, 0.15) is 0 Å². The van der Waals surface area contributed by atoms with Gasteiger partial charge in [0.05, 0.1) is 0 Å². The highest BCUT2D eigenvalue weighted by Gasteiger charge is 2.17. The second kappa shape index (κ2) is 10.9. The number of hydrogen-bond donors (Lipinski definition) is 0. The molecule has 0 radical (unpaired) electrons. The van der Waals surface area contributed by atoms with E-state index in [1.165, 1.54) is 106 Å². The monoisotopic (exact) mass is 668 g/mol. The summed E-state index contributed by atoms with van der Waals surface area (Å²) in [7, 11) is 0. The molecule has 0 aliphatic carbocycles. The van der Waals surface area contributed by atoms with E-state index in [4.69, 9.17) is 0 Å². The van der Waals surface area contributed by atoms with Gasteiger partial charge in [-0.05, 0) is 108 Å². The van der Waals surface area contributed by atoms with Crippen LogP contribution in [-0.4, -0.2) is 0 Å². The lowest BCUT2D eigenvalue weighted by Gasteiger charge is -2.18. The van der Waals surface area contributed by atoms with Gasteiger partial charge < -0.3 is 0 Å². The Labute approximate surface area is 297 Å². The Hall–Kier alpha value is -5.80. The van der Waals surface area contributed by atoms with Crippen LogP contribution in [-0.2, 0) is 0 Å². The first kappa shape index (κ1) is 28.1. The van der Waals surface area contributed by atoms with E-state index >= 15 is 0 Å². The van der Waals surface area contributed by atoms with Crippen LogP contribution in [0.15, 0.2) is 170 Å². The fourth-order valence-corrected chi connectivity index (χ4v) is 10.4. The quantitative estimate of drug-likeness (QED) is 0.164. The summed E-state index contributed by atoms with van der Waals surface area (Å²) in [5.41, 5.74) is 7.55. The first-order chi connectivity index (χ1) is 24.8. The van der Waals surface area contributed by atoms with Gasteiger partial charge in [0, 0.05) is 40.3 Å². The van der Waals surface area contributed by atoms with Gasteiger partial charge in [-0.15, -0.1) is 22.7 Å². The summed E-state index contributed by atoms with van der Waals surface area (Å²) in [6, 6.07) is 63.1. The summed E-state index contributed by atoms with van der Waals surface area (Å²) in [4.78, 5) is 0. The maximum Gasteiger partial charge on any atom is 0.0361 e. The van der Waals surface area contributed by atoms with Gasteiger partial charge in [0.2, 0.25) is 0 Å². The first-order valence-corrected chi connectivity index (χ1v) is 18.7. The van der Waals surface area contributed by atoms with Gasteiger partial charge in [-0.3, -0.25) is 0 Å². The van der Waals surface area contributed by atoms with Crippen LogP contribution < -0.4 is 0 Å². The Morgan fingerprint density at radius 2 is 0.800 bits per heavy atom. The lowest BCUT2D eigenvalue weighted by molar-refractivity contribution is 1.63. The van der Waals surface area contributed by atoms with Gasteiger partial charge in [0.1, 0.15) is 0 Å². The van der Waals surface area contributed by atoms with E-state index in [0.29, 0.717) is 0 Å².